The Balaban J connectivity index is 2.63. The molecule has 8 nitrogen and oxygen atoms in total. The summed E-state index contributed by atoms with van der Waals surface area (Å²) >= 11 is 2.96. The first-order valence-corrected chi connectivity index (χ1v) is 11.4. The Morgan fingerprint density at radius 2 is 1.86 bits per heavy atom. The normalized spacial score (nSPS) is 12.6. The van der Waals surface area contributed by atoms with E-state index in [4.69, 9.17) is 9.84 Å². The van der Waals surface area contributed by atoms with Crippen LogP contribution in [0.5, 0.6) is 0 Å². The zero-order chi connectivity index (χ0) is 21.8. The number of hydrogen-bond acceptors (Lipinski definition) is 8. The van der Waals surface area contributed by atoms with Crippen molar-refractivity contribution in [2.45, 2.75) is 37.7 Å². The maximum absolute atomic E-state index is 12.2. The van der Waals surface area contributed by atoms with E-state index in [1.807, 2.05) is 24.3 Å². The number of esters is 1. The second-order valence-corrected chi connectivity index (χ2v) is 8.85. The van der Waals surface area contributed by atoms with Crippen LogP contribution in [0.1, 0.15) is 25.3 Å². The second kappa shape index (κ2) is 13.7. The van der Waals surface area contributed by atoms with Crippen LogP contribution >= 0.6 is 11.8 Å². The Labute approximate surface area is 188 Å². The molecule has 0 fully saturated rings. The fourth-order valence-electron chi connectivity index (χ4n) is 2.20. The Hall–Kier alpha value is -1.51. The summed E-state index contributed by atoms with van der Waals surface area (Å²) in [6.45, 7) is 0.601. The van der Waals surface area contributed by atoms with Gasteiger partial charge in [0.15, 0.2) is 0 Å². The molecule has 0 saturated carbocycles. The number of ketones is 2. The first kappa shape index (κ1) is 25.5. The molecule has 2 N–H and O–H groups in total. The van der Waals surface area contributed by atoms with Crippen LogP contribution in [0.25, 0.3) is 0 Å². The molecule has 0 aliphatic heterocycles. The molecule has 29 heavy (non-hydrogen) atoms. The summed E-state index contributed by atoms with van der Waals surface area (Å²) in [6, 6.07) is 6.90. The van der Waals surface area contributed by atoms with E-state index in [2.05, 4.69) is 10.1 Å². The Bertz CT molecular complexity index is 711. The molecule has 0 aliphatic rings. The van der Waals surface area contributed by atoms with Crippen molar-refractivity contribution in [1.29, 1.82) is 0 Å². The summed E-state index contributed by atoms with van der Waals surface area (Å²) in [4.78, 5) is 47.0. The van der Waals surface area contributed by atoms with E-state index in [0.29, 0.717) is 5.75 Å². The summed E-state index contributed by atoms with van der Waals surface area (Å²) < 4.78 is 10.9. The van der Waals surface area contributed by atoms with Gasteiger partial charge in [-0.2, -0.15) is 0 Å². The number of carbonyl (C=O) groups excluding carboxylic acids is 4. The zero-order valence-corrected chi connectivity index (χ0v) is 19.9. The van der Waals surface area contributed by atoms with Crippen LogP contribution in [0, 0.1) is 24.7 Å². The van der Waals surface area contributed by atoms with Gasteiger partial charge in [-0.25, -0.2) is 4.79 Å². The summed E-state index contributed by atoms with van der Waals surface area (Å²) in [7, 11) is 1.16. The van der Waals surface area contributed by atoms with E-state index in [9.17, 15) is 19.2 Å². The molecule has 1 aromatic rings. The quantitative estimate of drug-likeness (QED) is 0.327. The number of hydrogen-bond donors (Lipinski definition) is 2. The third kappa shape index (κ3) is 10.2. The average Bonchev–Trinajstić information content (AvgIpc) is 2.70. The third-order valence-electron chi connectivity index (χ3n) is 3.78. The van der Waals surface area contributed by atoms with Crippen LogP contribution in [0.2, 0.25) is 0 Å². The van der Waals surface area contributed by atoms with Crippen molar-refractivity contribution in [2.24, 2.45) is 0 Å². The summed E-state index contributed by atoms with van der Waals surface area (Å²) in [5.41, 5.74) is 1.06. The van der Waals surface area contributed by atoms with Crippen molar-refractivity contribution in [3.8, 4) is 0 Å². The van der Waals surface area contributed by atoms with Crippen molar-refractivity contribution in [3.05, 3.63) is 29.8 Å². The van der Waals surface area contributed by atoms with Crippen molar-refractivity contribution in [2.75, 3.05) is 19.5 Å². The number of amides is 1. The van der Waals surface area contributed by atoms with Gasteiger partial charge in [-0.05, 0) is 13.3 Å². The predicted octanol–water partition coefficient (Wildman–Crippen LogP) is 0.661. The number of nitrogens with one attached hydrogen (secondary N) is 1. The van der Waals surface area contributed by atoms with E-state index >= 15 is 0 Å². The van der Waals surface area contributed by atoms with Gasteiger partial charge < -0.3 is 9.53 Å². The topological polar surface area (TPSA) is 119 Å². The van der Waals surface area contributed by atoms with Crippen LogP contribution < -0.4 is 8.59 Å². The molecule has 0 saturated heterocycles. The van der Waals surface area contributed by atoms with Crippen LogP contribution in [-0.4, -0.2) is 60.4 Å². The molecule has 0 aromatic heterocycles. The van der Waals surface area contributed by atoms with Gasteiger partial charge in [-0.3, -0.25) is 0 Å². The summed E-state index contributed by atoms with van der Waals surface area (Å²) in [5.74, 6) is -0.743. The van der Waals surface area contributed by atoms with E-state index in [-0.39, 0.29) is 24.4 Å². The Kier molecular flexibility index (Phi) is 12.0. The van der Waals surface area contributed by atoms with Gasteiger partial charge in [0.1, 0.15) is 5.78 Å². The molecule has 0 aliphatic carbocycles. The van der Waals surface area contributed by atoms with E-state index in [1.165, 1.54) is 22.0 Å². The fraction of sp³-hybridized carbons (Fsp3) is 0.474. The van der Waals surface area contributed by atoms with E-state index in [0.717, 1.165) is 12.7 Å². The van der Waals surface area contributed by atoms with Crippen molar-refractivity contribution >= 4 is 38.7 Å². The van der Waals surface area contributed by atoms with Crippen molar-refractivity contribution in [1.82, 2.24) is 5.32 Å². The molecular weight excluding hydrogens is 597 g/mol. The number of carbonyl (C=O) groups is 4. The molecule has 2 atom stereocenters. The molecule has 0 unspecified atom stereocenters. The summed E-state index contributed by atoms with van der Waals surface area (Å²) in [5, 5.41) is 11.5. The monoisotopic (exact) mass is 621 g/mol. The fourth-order valence-corrected chi connectivity index (χ4v) is 3.71. The minimum atomic E-state index is -1.16. The predicted molar refractivity (Wildman–Crippen MR) is 103 cm³/mol. The number of aliphatic hydroxyl groups excluding tert-OH is 1. The molecule has 160 valence electrons. The van der Waals surface area contributed by atoms with Gasteiger partial charge in [-0.1, -0.05) is 0 Å². The minimum absolute atomic E-state index is 0.0546. The van der Waals surface area contributed by atoms with Crippen LogP contribution in [-0.2, 0) is 29.6 Å². The van der Waals surface area contributed by atoms with Gasteiger partial charge >= 0.3 is 142 Å². The number of thioether (sulfide) groups is 1. The van der Waals surface area contributed by atoms with Crippen LogP contribution in [0.3, 0.4) is 0 Å². The van der Waals surface area contributed by atoms with Crippen LogP contribution in [0.4, 0.5) is 4.79 Å². The standard InChI is InChI=1S/C19H24AtNO7S/c1-12(23)3-8-15(18(25)27-2)21-19(26)28-17(16(24)9-22)11-29-10-13-4-6-14(20)7-5-13/h4-7,15,17,22H,3,8-11H2,1-2H3,(H,21,26)/t15-,17-/m0/s1/i20+1. The number of Topliss-reactive ketones (excluding diaryl/α,β-unsaturated/α-hetero) is 2. The SMILES string of the molecule is COC(=O)[C@H](CCC(C)=O)NC(=O)O[C@@H](CSCc1ccc([211At])cc1)C(=O)CO. The maximum atomic E-state index is 12.2. The van der Waals surface area contributed by atoms with E-state index < -0.39 is 36.6 Å². The van der Waals surface area contributed by atoms with Gasteiger partial charge in [0.2, 0.25) is 0 Å². The number of benzene rings is 1. The average molecular weight is 621 g/mol. The summed E-state index contributed by atoms with van der Waals surface area (Å²) in [6.07, 6.45) is -2.02. The molecule has 0 bridgehead atoms. The number of alkyl carbamates (subject to hydrolysis) is 1. The molecule has 10 heteroatoms. The Morgan fingerprint density at radius 1 is 1.21 bits per heavy atom. The number of aliphatic hydroxyl groups is 1. The van der Waals surface area contributed by atoms with E-state index in [1.54, 1.807) is 24.7 Å². The first-order valence-electron chi connectivity index (χ1n) is 8.77. The number of ether oxygens (including phenoxy) is 2. The molecule has 1 rings (SSSR count). The third-order valence-corrected chi connectivity index (χ3v) is 5.83. The molecule has 1 amide bonds. The molecular formula is C19H24AtNO7S. The first-order chi connectivity index (χ1) is 13.8. The second-order valence-electron chi connectivity index (χ2n) is 6.12. The van der Waals surface area contributed by atoms with Gasteiger partial charge in [-0.15, -0.1) is 0 Å². The van der Waals surface area contributed by atoms with Gasteiger partial charge in [0.25, 0.3) is 0 Å². The van der Waals surface area contributed by atoms with Crippen molar-refractivity contribution < 1.29 is 58.5 Å². The number of methoxy groups -OCH3 is 1. The Morgan fingerprint density at radius 3 is 2.41 bits per heavy atom. The van der Waals surface area contributed by atoms with Crippen LogP contribution in [0.15, 0.2) is 24.3 Å². The molecule has 1 aromatic carbocycles. The van der Waals surface area contributed by atoms with Gasteiger partial charge in [0.05, 0.1) is 7.11 Å². The molecule has 0 spiro atoms. The molecule has 0 radical (unpaired) electrons. The van der Waals surface area contributed by atoms with Crippen molar-refractivity contribution in [3.63, 3.8) is 0 Å². The zero-order valence-electron chi connectivity index (χ0n) is 16.2. The molecule has 0 heterocycles. The number of rotatable bonds is 12. The van der Waals surface area contributed by atoms with Gasteiger partial charge in [0, 0.05) is 6.42 Å².